The van der Waals surface area contributed by atoms with Gasteiger partial charge in [-0.2, -0.15) is 5.10 Å². The number of hydrogen-bond donors (Lipinski definition) is 2. The maximum absolute atomic E-state index is 13.5. The average molecular weight is 309 g/mol. The first kappa shape index (κ1) is 15.8. The van der Waals surface area contributed by atoms with E-state index in [4.69, 9.17) is 0 Å². The van der Waals surface area contributed by atoms with Gasteiger partial charge in [0.2, 0.25) is 0 Å². The number of aliphatic hydroxyl groups is 1. The van der Waals surface area contributed by atoms with Gasteiger partial charge in [0.1, 0.15) is 23.4 Å². The molecular weight excluding hydrogens is 296 g/mol. The zero-order valence-electron chi connectivity index (χ0n) is 11.6. The van der Waals surface area contributed by atoms with Gasteiger partial charge in [0.25, 0.3) is 11.5 Å². The zero-order chi connectivity index (χ0) is 16.3. The van der Waals surface area contributed by atoms with E-state index in [0.29, 0.717) is 0 Å². The first-order chi connectivity index (χ1) is 10.4. The van der Waals surface area contributed by atoms with E-state index in [0.717, 1.165) is 22.9 Å². The number of halogens is 2. The zero-order valence-corrected chi connectivity index (χ0v) is 11.6. The molecule has 0 saturated carbocycles. The van der Waals surface area contributed by atoms with Crippen molar-refractivity contribution >= 4 is 5.91 Å². The second kappa shape index (κ2) is 6.44. The molecule has 2 rings (SSSR count). The quantitative estimate of drug-likeness (QED) is 0.862. The van der Waals surface area contributed by atoms with Crippen LogP contribution in [0.5, 0.6) is 0 Å². The normalized spacial score (nSPS) is 12.0. The van der Waals surface area contributed by atoms with Crippen molar-refractivity contribution in [1.82, 2.24) is 15.1 Å². The predicted molar refractivity (Wildman–Crippen MR) is 73.1 cm³/mol. The Labute approximate surface area is 124 Å². The van der Waals surface area contributed by atoms with E-state index in [-0.39, 0.29) is 11.3 Å². The van der Waals surface area contributed by atoms with Crippen LogP contribution in [0.15, 0.2) is 35.1 Å². The summed E-state index contributed by atoms with van der Waals surface area (Å²) in [6.45, 7) is -0.402. The van der Waals surface area contributed by atoms with Gasteiger partial charge in [-0.15, -0.1) is 0 Å². The van der Waals surface area contributed by atoms with Crippen LogP contribution in [-0.2, 0) is 7.05 Å². The van der Waals surface area contributed by atoms with Crippen molar-refractivity contribution in [3.63, 3.8) is 0 Å². The van der Waals surface area contributed by atoms with Gasteiger partial charge in [0.15, 0.2) is 0 Å². The van der Waals surface area contributed by atoms with E-state index in [2.05, 4.69) is 10.4 Å². The lowest BCUT2D eigenvalue weighted by Crippen LogP contribution is -2.31. The molecule has 1 aromatic carbocycles. The van der Waals surface area contributed by atoms with Gasteiger partial charge in [-0.1, -0.05) is 6.07 Å². The van der Waals surface area contributed by atoms with Gasteiger partial charge in [-0.25, -0.2) is 13.5 Å². The minimum absolute atomic E-state index is 0.0525. The Bertz CT molecular complexity index is 741. The van der Waals surface area contributed by atoms with Crippen molar-refractivity contribution < 1.29 is 18.7 Å². The number of nitrogens with zero attached hydrogens (tertiary/aromatic N) is 2. The second-order valence-corrected chi connectivity index (χ2v) is 4.54. The van der Waals surface area contributed by atoms with Crippen LogP contribution in [0.25, 0.3) is 0 Å². The van der Waals surface area contributed by atoms with Crippen molar-refractivity contribution in [2.75, 3.05) is 6.54 Å². The molecule has 6 nitrogen and oxygen atoms in total. The van der Waals surface area contributed by atoms with Crippen LogP contribution in [0.1, 0.15) is 22.2 Å². The molecule has 1 amide bonds. The third-order valence-corrected chi connectivity index (χ3v) is 2.98. The van der Waals surface area contributed by atoms with Crippen molar-refractivity contribution in [3.05, 3.63) is 63.6 Å². The Balaban J connectivity index is 2.07. The van der Waals surface area contributed by atoms with Crippen LogP contribution in [0, 0.1) is 11.6 Å². The van der Waals surface area contributed by atoms with Crippen molar-refractivity contribution in [1.29, 1.82) is 0 Å². The van der Waals surface area contributed by atoms with Crippen LogP contribution in [0.3, 0.4) is 0 Å². The molecule has 0 aliphatic rings. The number of aliphatic hydroxyl groups excluding tert-OH is 1. The van der Waals surface area contributed by atoms with E-state index < -0.39 is 35.8 Å². The lowest BCUT2D eigenvalue weighted by molar-refractivity contribution is 0.0904. The van der Waals surface area contributed by atoms with Crippen molar-refractivity contribution in [2.45, 2.75) is 6.10 Å². The minimum atomic E-state index is -1.54. The van der Waals surface area contributed by atoms with Gasteiger partial charge in [-0.05, 0) is 18.2 Å². The number of carbonyl (C=O) groups excluding carboxylic acids is 1. The molecule has 116 valence electrons. The molecule has 1 atom stereocenters. The molecule has 0 fully saturated rings. The molecule has 0 radical (unpaired) electrons. The summed E-state index contributed by atoms with van der Waals surface area (Å²) >= 11 is 0. The number of carbonyl (C=O) groups is 1. The molecule has 1 aromatic heterocycles. The Hall–Kier alpha value is -2.61. The summed E-state index contributed by atoms with van der Waals surface area (Å²) in [7, 11) is 1.38. The van der Waals surface area contributed by atoms with Gasteiger partial charge in [0, 0.05) is 19.7 Å². The molecule has 8 heteroatoms. The van der Waals surface area contributed by atoms with Crippen molar-refractivity contribution in [2.24, 2.45) is 7.05 Å². The van der Waals surface area contributed by atoms with Crippen LogP contribution in [0.2, 0.25) is 0 Å². The van der Waals surface area contributed by atoms with Gasteiger partial charge < -0.3 is 10.4 Å². The van der Waals surface area contributed by atoms with Crippen molar-refractivity contribution in [3.8, 4) is 0 Å². The maximum Gasteiger partial charge on any atom is 0.271 e. The summed E-state index contributed by atoms with van der Waals surface area (Å²) in [5.74, 6) is -2.48. The summed E-state index contributed by atoms with van der Waals surface area (Å²) in [5.41, 5.74) is -0.954. The lowest BCUT2D eigenvalue weighted by atomic mass is 10.1. The number of nitrogens with one attached hydrogen (secondary N) is 1. The second-order valence-electron chi connectivity index (χ2n) is 4.54. The Morgan fingerprint density at radius 2 is 1.95 bits per heavy atom. The van der Waals surface area contributed by atoms with Crippen LogP contribution in [-0.4, -0.2) is 27.3 Å². The van der Waals surface area contributed by atoms with Crippen LogP contribution < -0.4 is 10.9 Å². The van der Waals surface area contributed by atoms with Gasteiger partial charge >= 0.3 is 0 Å². The Kier molecular flexibility index (Phi) is 4.62. The Morgan fingerprint density at radius 1 is 1.32 bits per heavy atom. The standard InChI is InChI=1S/C14H13F2N3O3/c1-19-12(21)6-5-10(18-19)14(22)17-7-11(20)13-8(15)3-2-4-9(13)16/h2-6,11,20H,7H2,1H3,(H,17,22). The molecular formula is C14H13F2N3O3. The highest BCUT2D eigenvalue weighted by Crippen LogP contribution is 2.19. The molecule has 22 heavy (non-hydrogen) atoms. The molecule has 0 spiro atoms. The summed E-state index contributed by atoms with van der Waals surface area (Å²) in [4.78, 5) is 23.0. The monoisotopic (exact) mass is 309 g/mol. The minimum Gasteiger partial charge on any atom is -0.386 e. The summed E-state index contributed by atoms with van der Waals surface area (Å²) < 4.78 is 27.9. The number of benzene rings is 1. The topological polar surface area (TPSA) is 84.2 Å². The molecule has 0 bridgehead atoms. The molecule has 0 aliphatic carbocycles. The van der Waals surface area contributed by atoms with E-state index >= 15 is 0 Å². The number of aromatic nitrogens is 2. The SMILES string of the molecule is Cn1nc(C(=O)NCC(O)c2c(F)cccc2F)ccc1=O. The van der Waals surface area contributed by atoms with Gasteiger partial charge in [0.05, 0.1) is 5.56 Å². The van der Waals surface area contributed by atoms with E-state index in [9.17, 15) is 23.5 Å². The summed E-state index contributed by atoms with van der Waals surface area (Å²) in [5, 5.41) is 15.8. The fourth-order valence-electron chi connectivity index (χ4n) is 1.83. The lowest BCUT2D eigenvalue weighted by Gasteiger charge is -2.13. The number of hydrogen-bond acceptors (Lipinski definition) is 4. The predicted octanol–water partition coefficient (Wildman–Crippen LogP) is 0.522. The van der Waals surface area contributed by atoms with E-state index in [1.807, 2.05) is 0 Å². The average Bonchev–Trinajstić information content (AvgIpc) is 2.47. The third kappa shape index (κ3) is 3.34. The first-order valence-corrected chi connectivity index (χ1v) is 6.34. The summed E-state index contributed by atoms with van der Waals surface area (Å²) in [6.07, 6.45) is -1.54. The summed E-state index contributed by atoms with van der Waals surface area (Å²) in [6, 6.07) is 5.58. The fourth-order valence-corrected chi connectivity index (χ4v) is 1.83. The highest BCUT2D eigenvalue weighted by Gasteiger charge is 2.19. The highest BCUT2D eigenvalue weighted by atomic mass is 19.1. The molecule has 1 unspecified atom stereocenters. The molecule has 2 aromatic rings. The smallest absolute Gasteiger partial charge is 0.271 e. The largest absolute Gasteiger partial charge is 0.386 e. The molecule has 0 saturated heterocycles. The Morgan fingerprint density at radius 3 is 2.55 bits per heavy atom. The molecule has 0 aliphatic heterocycles. The third-order valence-electron chi connectivity index (χ3n) is 2.98. The fraction of sp³-hybridized carbons (Fsp3) is 0.214. The van der Waals surface area contributed by atoms with Crippen LogP contribution in [0.4, 0.5) is 8.78 Å². The number of rotatable bonds is 4. The van der Waals surface area contributed by atoms with E-state index in [1.54, 1.807) is 0 Å². The maximum atomic E-state index is 13.5. The number of amides is 1. The van der Waals surface area contributed by atoms with E-state index in [1.165, 1.54) is 19.2 Å². The van der Waals surface area contributed by atoms with Crippen LogP contribution >= 0.6 is 0 Å². The molecule has 2 N–H and O–H groups in total. The first-order valence-electron chi connectivity index (χ1n) is 6.34. The number of aryl methyl sites for hydroxylation is 1. The van der Waals surface area contributed by atoms with Gasteiger partial charge in [-0.3, -0.25) is 9.59 Å². The highest BCUT2D eigenvalue weighted by molar-refractivity contribution is 5.92. The molecule has 1 heterocycles.